The minimum atomic E-state index is -0.422. The first-order valence-corrected chi connectivity index (χ1v) is 6.58. The topological polar surface area (TPSA) is 78.3 Å². The van der Waals surface area contributed by atoms with Crippen LogP contribution in [0, 0.1) is 0 Å². The van der Waals surface area contributed by atoms with Gasteiger partial charge in [0, 0.05) is 24.1 Å². The van der Waals surface area contributed by atoms with Crippen LogP contribution in [0.1, 0.15) is 15.9 Å². The van der Waals surface area contributed by atoms with Crippen molar-refractivity contribution < 1.29 is 9.53 Å². The number of benzene rings is 2. The van der Waals surface area contributed by atoms with Gasteiger partial charge in [-0.1, -0.05) is 30.3 Å². The zero-order valence-corrected chi connectivity index (χ0v) is 11.0. The summed E-state index contributed by atoms with van der Waals surface area (Å²) in [4.78, 5) is 11.1. The van der Waals surface area contributed by atoms with E-state index in [0.717, 1.165) is 23.3 Å². The highest BCUT2D eigenvalue weighted by Crippen LogP contribution is 2.38. The molecule has 1 aliphatic rings. The van der Waals surface area contributed by atoms with Crippen molar-refractivity contribution in [1.82, 2.24) is 0 Å². The summed E-state index contributed by atoms with van der Waals surface area (Å²) >= 11 is 0. The summed E-state index contributed by atoms with van der Waals surface area (Å²) < 4.78 is 5.90. The summed E-state index contributed by atoms with van der Waals surface area (Å²) in [6, 6.07) is 13.3. The van der Waals surface area contributed by atoms with Crippen molar-refractivity contribution in [2.24, 2.45) is 11.5 Å². The normalized spacial score (nSPS) is 16.6. The number of ether oxygens (including phenoxy) is 1. The van der Waals surface area contributed by atoms with Crippen LogP contribution in [-0.2, 0) is 6.42 Å². The number of para-hydroxylation sites is 1. The van der Waals surface area contributed by atoms with Gasteiger partial charge in [0.05, 0.1) is 0 Å². The molecule has 4 heteroatoms. The second-order valence-electron chi connectivity index (χ2n) is 4.92. The molecule has 0 aromatic heterocycles. The van der Waals surface area contributed by atoms with Crippen LogP contribution in [0.25, 0.3) is 11.1 Å². The number of primary amides is 1. The first-order valence-electron chi connectivity index (χ1n) is 6.58. The third kappa shape index (κ3) is 2.14. The van der Waals surface area contributed by atoms with E-state index < -0.39 is 5.91 Å². The van der Waals surface area contributed by atoms with Gasteiger partial charge in [-0.15, -0.1) is 0 Å². The zero-order chi connectivity index (χ0) is 14.1. The quantitative estimate of drug-likeness (QED) is 0.889. The molecule has 1 heterocycles. The molecule has 102 valence electrons. The molecule has 0 bridgehead atoms. The standard InChI is InChI=1S/C16H16N2O2/c17-9-13-8-12-2-1-3-14(15(12)20-13)10-4-6-11(7-5-10)16(18)19/h1-7,13H,8-9,17H2,(H2,18,19)/t13-/m0/s1. The molecule has 0 aliphatic carbocycles. The maximum Gasteiger partial charge on any atom is 0.248 e. The van der Waals surface area contributed by atoms with Gasteiger partial charge in [0.25, 0.3) is 0 Å². The Hall–Kier alpha value is -2.33. The fraction of sp³-hybridized carbons (Fsp3) is 0.188. The third-order valence-corrected chi connectivity index (χ3v) is 3.57. The van der Waals surface area contributed by atoms with Crippen molar-refractivity contribution >= 4 is 5.91 Å². The van der Waals surface area contributed by atoms with Gasteiger partial charge in [0.2, 0.25) is 5.91 Å². The molecule has 0 radical (unpaired) electrons. The molecule has 1 atom stereocenters. The third-order valence-electron chi connectivity index (χ3n) is 3.57. The van der Waals surface area contributed by atoms with E-state index in [9.17, 15) is 4.79 Å². The molecule has 4 N–H and O–H groups in total. The number of hydrogen-bond donors (Lipinski definition) is 2. The molecular weight excluding hydrogens is 252 g/mol. The Bertz CT molecular complexity index is 650. The monoisotopic (exact) mass is 268 g/mol. The molecule has 2 aromatic rings. The lowest BCUT2D eigenvalue weighted by molar-refractivity contribution is 0.100. The molecule has 2 aromatic carbocycles. The lowest BCUT2D eigenvalue weighted by atomic mass is 9.99. The van der Waals surface area contributed by atoms with Crippen LogP contribution < -0.4 is 16.2 Å². The maximum atomic E-state index is 11.1. The smallest absolute Gasteiger partial charge is 0.248 e. The number of nitrogens with two attached hydrogens (primary N) is 2. The molecule has 0 fully saturated rings. The van der Waals surface area contributed by atoms with Crippen molar-refractivity contribution in [3.63, 3.8) is 0 Å². The highest BCUT2D eigenvalue weighted by atomic mass is 16.5. The largest absolute Gasteiger partial charge is 0.488 e. The maximum absolute atomic E-state index is 11.1. The predicted molar refractivity (Wildman–Crippen MR) is 77.6 cm³/mol. The Morgan fingerprint density at radius 2 is 1.95 bits per heavy atom. The van der Waals surface area contributed by atoms with Crippen molar-refractivity contribution in [2.75, 3.05) is 6.54 Å². The molecule has 0 unspecified atom stereocenters. The van der Waals surface area contributed by atoms with E-state index in [1.165, 1.54) is 5.56 Å². The highest BCUT2D eigenvalue weighted by Gasteiger charge is 2.24. The second-order valence-corrected chi connectivity index (χ2v) is 4.92. The van der Waals surface area contributed by atoms with E-state index >= 15 is 0 Å². The van der Waals surface area contributed by atoms with Gasteiger partial charge in [-0.2, -0.15) is 0 Å². The van der Waals surface area contributed by atoms with Crippen molar-refractivity contribution in [3.8, 4) is 16.9 Å². The van der Waals surface area contributed by atoms with Gasteiger partial charge in [-0.05, 0) is 23.3 Å². The van der Waals surface area contributed by atoms with E-state index in [1.807, 2.05) is 24.3 Å². The molecule has 4 nitrogen and oxygen atoms in total. The summed E-state index contributed by atoms with van der Waals surface area (Å²) in [6.07, 6.45) is 0.898. The molecule has 1 aliphatic heterocycles. The van der Waals surface area contributed by atoms with Gasteiger partial charge >= 0.3 is 0 Å². The molecule has 0 saturated heterocycles. The number of fused-ring (bicyclic) bond motifs is 1. The average Bonchev–Trinajstić information content (AvgIpc) is 2.90. The Balaban J connectivity index is 2.00. The van der Waals surface area contributed by atoms with Crippen LogP contribution in [0.4, 0.5) is 0 Å². The van der Waals surface area contributed by atoms with E-state index in [2.05, 4.69) is 6.07 Å². The van der Waals surface area contributed by atoms with Crippen LogP contribution in [0.15, 0.2) is 42.5 Å². The van der Waals surface area contributed by atoms with Gasteiger partial charge in [0.1, 0.15) is 11.9 Å². The van der Waals surface area contributed by atoms with Crippen LogP contribution >= 0.6 is 0 Å². The van der Waals surface area contributed by atoms with Gasteiger partial charge in [-0.25, -0.2) is 0 Å². The lowest BCUT2D eigenvalue weighted by Crippen LogP contribution is -2.24. The van der Waals surface area contributed by atoms with Crippen LogP contribution in [-0.4, -0.2) is 18.6 Å². The van der Waals surface area contributed by atoms with Crippen molar-refractivity contribution in [3.05, 3.63) is 53.6 Å². The van der Waals surface area contributed by atoms with Gasteiger partial charge in [-0.3, -0.25) is 4.79 Å². The van der Waals surface area contributed by atoms with Crippen LogP contribution in [0.3, 0.4) is 0 Å². The molecule has 3 rings (SSSR count). The minimum Gasteiger partial charge on any atom is -0.488 e. The zero-order valence-electron chi connectivity index (χ0n) is 11.0. The first-order chi connectivity index (χ1) is 9.69. The molecule has 1 amide bonds. The number of amides is 1. The molecule has 0 saturated carbocycles. The Labute approximate surface area is 117 Å². The van der Waals surface area contributed by atoms with E-state index in [4.69, 9.17) is 16.2 Å². The Kier molecular flexibility index (Phi) is 3.16. The number of carbonyl (C=O) groups is 1. The summed E-state index contributed by atoms with van der Waals surface area (Å²) in [5.41, 5.74) is 14.6. The molecular formula is C16H16N2O2. The summed E-state index contributed by atoms with van der Waals surface area (Å²) in [5, 5.41) is 0. The fourth-order valence-electron chi connectivity index (χ4n) is 2.51. The first kappa shape index (κ1) is 12.7. The van der Waals surface area contributed by atoms with E-state index in [0.29, 0.717) is 12.1 Å². The van der Waals surface area contributed by atoms with Crippen LogP contribution in [0.5, 0.6) is 5.75 Å². The highest BCUT2D eigenvalue weighted by molar-refractivity contribution is 5.93. The van der Waals surface area contributed by atoms with Gasteiger partial charge in [0.15, 0.2) is 0 Å². The van der Waals surface area contributed by atoms with Crippen molar-refractivity contribution in [1.29, 1.82) is 0 Å². The van der Waals surface area contributed by atoms with Gasteiger partial charge < -0.3 is 16.2 Å². The van der Waals surface area contributed by atoms with E-state index in [-0.39, 0.29) is 6.10 Å². The summed E-state index contributed by atoms with van der Waals surface area (Å²) in [6.45, 7) is 0.509. The Morgan fingerprint density at radius 1 is 1.20 bits per heavy atom. The van der Waals surface area contributed by atoms with Crippen molar-refractivity contribution in [2.45, 2.75) is 12.5 Å². The molecule has 0 spiro atoms. The Morgan fingerprint density at radius 3 is 2.60 bits per heavy atom. The number of hydrogen-bond acceptors (Lipinski definition) is 3. The lowest BCUT2D eigenvalue weighted by Gasteiger charge is -2.11. The summed E-state index contributed by atoms with van der Waals surface area (Å²) in [5.74, 6) is 0.476. The van der Waals surface area contributed by atoms with Crippen LogP contribution in [0.2, 0.25) is 0 Å². The summed E-state index contributed by atoms with van der Waals surface area (Å²) in [7, 11) is 0. The number of rotatable bonds is 3. The number of carbonyl (C=O) groups excluding carboxylic acids is 1. The SMILES string of the molecule is NC[C@@H]1Cc2cccc(-c3ccc(C(N)=O)cc3)c2O1. The minimum absolute atomic E-state index is 0.0519. The average molecular weight is 268 g/mol. The van der Waals surface area contributed by atoms with E-state index in [1.54, 1.807) is 12.1 Å². The predicted octanol–water partition coefficient (Wildman–Crippen LogP) is 1.71. The fourth-order valence-corrected chi connectivity index (χ4v) is 2.51. The second kappa shape index (κ2) is 4.98. The molecule has 20 heavy (non-hydrogen) atoms.